The van der Waals surface area contributed by atoms with Gasteiger partial charge in [-0.25, -0.2) is 14.4 Å². The zero-order chi connectivity index (χ0) is 28.3. The first kappa shape index (κ1) is 27.2. The second-order valence-corrected chi connectivity index (χ2v) is 9.12. The highest BCUT2D eigenvalue weighted by Gasteiger charge is 2.34. The number of aryl methyl sites for hydroxylation is 1. The van der Waals surface area contributed by atoms with Crippen LogP contribution in [0.2, 0.25) is 0 Å². The number of hydrogen-bond donors (Lipinski definition) is 3. The average molecular weight is 534 g/mol. The van der Waals surface area contributed by atoms with E-state index < -0.39 is 52.1 Å². The number of carboxylic acid groups (broad SMARTS) is 3. The van der Waals surface area contributed by atoms with E-state index in [0.717, 1.165) is 36.1 Å². The van der Waals surface area contributed by atoms with E-state index in [-0.39, 0.29) is 6.54 Å². The van der Waals surface area contributed by atoms with Crippen molar-refractivity contribution in [1.82, 2.24) is 4.90 Å². The summed E-state index contributed by atoms with van der Waals surface area (Å²) >= 11 is 0. The van der Waals surface area contributed by atoms with Crippen molar-refractivity contribution in [2.75, 3.05) is 14.2 Å². The molecule has 1 aliphatic carbocycles. The number of carboxylic acids is 3. The van der Waals surface area contributed by atoms with Crippen molar-refractivity contribution < 1.29 is 44.0 Å². The summed E-state index contributed by atoms with van der Waals surface area (Å²) in [6.07, 6.45) is 2.18. The predicted molar refractivity (Wildman–Crippen MR) is 139 cm³/mol. The van der Waals surface area contributed by atoms with Crippen molar-refractivity contribution in [3.8, 4) is 11.5 Å². The third-order valence-corrected chi connectivity index (χ3v) is 6.82. The normalized spacial score (nSPS) is 14.2. The molecule has 0 unspecified atom stereocenters. The quantitative estimate of drug-likeness (QED) is 0.361. The number of rotatable bonds is 9. The van der Waals surface area contributed by atoms with Crippen LogP contribution >= 0.6 is 0 Å². The number of fused-ring (bicyclic) bond motifs is 1. The molecule has 0 aromatic heterocycles. The summed E-state index contributed by atoms with van der Waals surface area (Å²) in [4.78, 5) is 51.4. The lowest BCUT2D eigenvalue weighted by Crippen LogP contribution is -2.37. The average Bonchev–Trinajstić information content (AvgIpc) is 2.94. The van der Waals surface area contributed by atoms with Crippen LogP contribution in [0.15, 0.2) is 54.6 Å². The van der Waals surface area contributed by atoms with Crippen LogP contribution in [0.25, 0.3) is 0 Å². The Morgan fingerprint density at radius 2 is 1.33 bits per heavy atom. The highest BCUT2D eigenvalue weighted by molar-refractivity contribution is 6.10. The van der Waals surface area contributed by atoms with Gasteiger partial charge >= 0.3 is 17.9 Å². The second kappa shape index (κ2) is 11.3. The summed E-state index contributed by atoms with van der Waals surface area (Å²) in [6, 6.07) is 13.9. The molecule has 10 nitrogen and oxygen atoms in total. The molecule has 3 aromatic rings. The molecule has 1 amide bonds. The summed E-state index contributed by atoms with van der Waals surface area (Å²) in [7, 11) is 2.99. The van der Waals surface area contributed by atoms with Gasteiger partial charge < -0.3 is 29.7 Å². The third-order valence-electron chi connectivity index (χ3n) is 6.82. The van der Waals surface area contributed by atoms with Crippen LogP contribution in [-0.4, -0.2) is 58.3 Å². The van der Waals surface area contributed by atoms with Crippen LogP contribution in [0.3, 0.4) is 0 Å². The molecule has 0 bridgehead atoms. The first-order valence-corrected chi connectivity index (χ1v) is 12.1. The minimum absolute atomic E-state index is 0.0214. The molecular formula is C29H27NO9. The monoisotopic (exact) mass is 533 g/mol. The zero-order valence-electron chi connectivity index (χ0n) is 21.3. The number of nitrogens with zero attached hydrogens (tertiary/aromatic N) is 1. The molecular weight excluding hydrogens is 506 g/mol. The molecule has 0 spiro atoms. The Labute approximate surface area is 224 Å². The van der Waals surface area contributed by atoms with Crippen molar-refractivity contribution in [3.63, 3.8) is 0 Å². The van der Waals surface area contributed by atoms with Gasteiger partial charge in [0.1, 0.15) is 11.5 Å². The molecule has 1 aliphatic rings. The fourth-order valence-corrected chi connectivity index (χ4v) is 4.99. The van der Waals surface area contributed by atoms with Gasteiger partial charge in [-0.2, -0.15) is 0 Å². The number of carbonyl (C=O) groups excluding carboxylic acids is 1. The van der Waals surface area contributed by atoms with Crippen LogP contribution in [0.4, 0.5) is 0 Å². The molecule has 4 rings (SSSR count). The smallest absolute Gasteiger partial charge is 0.336 e. The number of ether oxygens (including phenoxy) is 2. The van der Waals surface area contributed by atoms with Crippen molar-refractivity contribution in [1.29, 1.82) is 0 Å². The maximum Gasteiger partial charge on any atom is 0.336 e. The van der Waals surface area contributed by atoms with Gasteiger partial charge in [0.2, 0.25) is 0 Å². The van der Waals surface area contributed by atoms with E-state index in [4.69, 9.17) is 9.47 Å². The minimum atomic E-state index is -1.62. The van der Waals surface area contributed by atoms with Gasteiger partial charge in [0.15, 0.2) is 0 Å². The fourth-order valence-electron chi connectivity index (χ4n) is 4.99. The highest BCUT2D eigenvalue weighted by atomic mass is 16.5. The number of benzene rings is 3. The molecule has 0 heterocycles. The van der Waals surface area contributed by atoms with Crippen LogP contribution < -0.4 is 9.47 Å². The molecule has 3 aromatic carbocycles. The Balaban J connectivity index is 1.91. The molecule has 1 atom stereocenters. The van der Waals surface area contributed by atoms with Gasteiger partial charge in [0.25, 0.3) is 5.91 Å². The minimum Gasteiger partial charge on any atom is -0.497 e. The maximum absolute atomic E-state index is 14.2. The van der Waals surface area contributed by atoms with Crippen LogP contribution in [0.1, 0.15) is 77.0 Å². The van der Waals surface area contributed by atoms with Gasteiger partial charge in [-0.05, 0) is 60.2 Å². The number of hydrogen-bond acceptors (Lipinski definition) is 6. The van der Waals surface area contributed by atoms with E-state index in [1.165, 1.54) is 19.1 Å². The Morgan fingerprint density at radius 3 is 1.90 bits per heavy atom. The Kier molecular flexibility index (Phi) is 7.85. The number of amides is 1. The molecule has 10 heteroatoms. The summed E-state index contributed by atoms with van der Waals surface area (Å²) in [5, 5.41) is 29.0. The topological polar surface area (TPSA) is 151 Å². The fraction of sp³-hybridized carbons (Fsp3) is 0.241. The number of methoxy groups -OCH3 is 2. The van der Waals surface area contributed by atoms with E-state index in [9.17, 15) is 34.5 Å². The standard InChI is InChI=1S/C29H27NO9/c1-38-18-10-16(11-19(12-18)39-2)15-30(25-9-5-7-17-6-3-4-8-20(17)25)26(31)21-13-23(28(34)35)24(29(36)37)14-22(21)27(32)33/h3-4,6,8,10-14,25H,5,7,9,15H2,1-2H3,(H,32,33)(H,34,35)(H,36,37)/t25-/m0/s1. The maximum atomic E-state index is 14.2. The number of carbonyl (C=O) groups is 4. The molecule has 0 saturated carbocycles. The molecule has 39 heavy (non-hydrogen) atoms. The largest absolute Gasteiger partial charge is 0.497 e. The van der Waals surface area contributed by atoms with Gasteiger partial charge in [-0.1, -0.05) is 24.3 Å². The Hall–Kier alpha value is -4.86. The van der Waals surface area contributed by atoms with E-state index >= 15 is 0 Å². The Bertz CT molecular complexity index is 1440. The molecule has 0 saturated heterocycles. The van der Waals surface area contributed by atoms with Crippen molar-refractivity contribution in [3.05, 3.63) is 93.5 Å². The van der Waals surface area contributed by atoms with E-state index in [2.05, 4.69) is 0 Å². The summed E-state index contributed by atoms with van der Waals surface area (Å²) in [5.41, 5.74) is 0.194. The van der Waals surface area contributed by atoms with Crippen LogP contribution in [-0.2, 0) is 13.0 Å². The number of aromatic carboxylic acids is 3. The highest BCUT2D eigenvalue weighted by Crippen LogP contribution is 2.37. The van der Waals surface area contributed by atoms with Gasteiger partial charge in [0.05, 0.1) is 42.5 Å². The first-order chi connectivity index (χ1) is 18.6. The Morgan fingerprint density at radius 1 is 0.795 bits per heavy atom. The second-order valence-electron chi connectivity index (χ2n) is 9.12. The van der Waals surface area contributed by atoms with Gasteiger partial charge in [-0.15, -0.1) is 0 Å². The van der Waals surface area contributed by atoms with Crippen LogP contribution in [0.5, 0.6) is 11.5 Å². The van der Waals surface area contributed by atoms with Gasteiger partial charge in [-0.3, -0.25) is 4.79 Å². The zero-order valence-corrected chi connectivity index (χ0v) is 21.3. The predicted octanol–water partition coefficient (Wildman–Crippen LogP) is 4.52. The summed E-state index contributed by atoms with van der Waals surface area (Å²) in [6.45, 7) is 0.0214. The lowest BCUT2D eigenvalue weighted by Gasteiger charge is -2.36. The lowest BCUT2D eigenvalue weighted by atomic mass is 9.86. The summed E-state index contributed by atoms with van der Waals surface area (Å²) < 4.78 is 10.7. The van der Waals surface area contributed by atoms with E-state index in [1.807, 2.05) is 24.3 Å². The molecule has 202 valence electrons. The molecule has 0 aliphatic heterocycles. The SMILES string of the molecule is COc1cc(CN(C(=O)c2cc(C(=O)O)c(C(=O)O)cc2C(=O)O)[C@H]2CCCc3ccccc32)cc(OC)c1. The molecule has 3 N–H and O–H groups in total. The van der Waals surface area contributed by atoms with Crippen molar-refractivity contribution in [2.24, 2.45) is 0 Å². The van der Waals surface area contributed by atoms with Crippen molar-refractivity contribution in [2.45, 2.75) is 31.8 Å². The molecule has 0 fully saturated rings. The van der Waals surface area contributed by atoms with E-state index in [1.54, 1.807) is 18.2 Å². The summed E-state index contributed by atoms with van der Waals surface area (Å²) in [5.74, 6) is -4.52. The van der Waals surface area contributed by atoms with Crippen LogP contribution in [0, 0.1) is 0 Å². The van der Waals surface area contributed by atoms with E-state index in [0.29, 0.717) is 23.5 Å². The first-order valence-electron chi connectivity index (χ1n) is 12.1. The van der Waals surface area contributed by atoms with Gasteiger partial charge in [0, 0.05) is 12.6 Å². The lowest BCUT2D eigenvalue weighted by molar-refractivity contribution is 0.0610. The molecule has 0 radical (unpaired) electrons. The third kappa shape index (κ3) is 5.54. The van der Waals surface area contributed by atoms with Crippen molar-refractivity contribution >= 4 is 23.8 Å².